The number of nitrogens with zero attached hydrogens (tertiary/aromatic N) is 2. The number of rotatable bonds is 11. The third-order valence-electron chi connectivity index (χ3n) is 5.16. The molecule has 33 heavy (non-hydrogen) atoms. The Hall–Kier alpha value is -3.46. The predicted molar refractivity (Wildman–Crippen MR) is 126 cm³/mol. The van der Waals surface area contributed by atoms with Crippen LogP contribution in [0.25, 0.3) is 0 Å². The van der Waals surface area contributed by atoms with Gasteiger partial charge in [0.15, 0.2) is 6.61 Å². The number of thiophene rings is 1. The second-order valence-electron chi connectivity index (χ2n) is 7.60. The van der Waals surface area contributed by atoms with Crippen LogP contribution in [0.5, 0.6) is 0 Å². The summed E-state index contributed by atoms with van der Waals surface area (Å²) < 4.78 is 6.95. The van der Waals surface area contributed by atoms with Gasteiger partial charge in [0.05, 0.1) is 12.2 Å². The number of ether oxygens (including phenoxy) is 1. The molecule has 3 aromatic rings. The van der Waals surface area contributed by atoms with E-state index in [0.29, 0.717) is 31.6 Å². The normalized spacial score (nSPS) is 10.6. The van der Waals surface area contributed by atoms with Crippen molar-refractivity contribution in [3.63, 3.8) is 0 Å². The number of hydrogen-bond acceptors (Lipinski definition) is 6. The fraction of sp³-hybridized carbons (Fsp3) is 0.333. The molecule has 0 aliphatic carbocycles. The summed E-state index contributed by atoms with van der Waals surface area (Å²) in [6.45, 7) is 4.89. The van der Waals surface area contributed by atoms with E-state index in [0.717, 1.165) is 22.5 Å². The average molecular weight is 469 g/mol. The highest BCUT2D eigenvalue weighted by Gasteiger charge is 2.14. The highest BCUT2D eigenvalue weighted by molar-refractivity contribution is 7.08. The molecule has 174 valence electrons. The Balaban J connectivity index is 1.35. The van der Waals surface area contributed by atoms with Crippen LogP contribution in [0.15, 0.2) is 47.2 Å². The minimum Gasteiger partial charge on any atom is -0.456 e. The maximum absolute atomic E-state index is 12.1. The molecule has 2 aromatic heterocycles. The first-order valence-corrected chi connectivity index (χ1v) is 11.7. The minimum atomic E-state index is -0.474. The Bertz CT molecular complexity index is 1080. The van der Waals surface area contributed by atoms with Crippen molar-refractivity contribution in [3.8, 4) is 0 Å². The van der Waals surface area contributed by atoms with E-state index in [1.54, 1.807) is 11.4 Å². The maximum atomic E-state index is 12.1. The SMILES string of the molecule is Cc1nn(Cc2ccccc2)c(C)c1CNC(=O)COC(=O)CCCNC(=O)c1ccsc1. The number of aryl methyl sites for hydroxylation is 1. The Morgan fingerprint density at radius 1 is 1.09 bits per heavy atom. The third kappa shape index (κ3) is 7.28. The van der Waals surface area contributed by atoms with Crippen molar-refractivity contribution in [1.82, 2.24) is 20.4 Å². The van der Waals surface area contributed by atoms with Crippen molar-refractivity contribution >= 4 is 29.1 Å². The number of amides is 2. The van der Waals surface area contributed by atoms with Gasteiger partial charge < -0.3 is 15.4 Å². The van der Waals surface area contributed by atoms with Crippen LogP contribution in [0, 0.1) is 13.8 Å². The van der Waals surface area contributed by atoms with Crippen molar-refractivity contribution in [2.45, 2.75) is 39.8 Å². The molecule has 9 heteroatoms. The summed E-state index contributed by atoms with van der Waals surface area (Å²) in [5.41, 5.74) is 4.54. The van der Waals surface area contributed by atoms with E-state index >= 15 is 0 Å². The van der Waals surface area contributed by atoms with E-state index in [-0.39, 0.29) is 24.8 Å². The molecule has 2 heterocycles. The van der Waals surface area contributed by atoms with Crippen LogP contribution in [0.2, 0.25) is 0 Å². The summed E-state index contributed by atoms with van der Waals surface area (Å²) in [5, 5.41) is 13.7. The van der Waals surface area contributed by atoms with E-state index in [9.17, 15) is 14.4 Å². The molecule has 0 atom stereocenters. The van der Waals surface area contributed by atoms with Crippen LogP contribution in [-0.2, 0) is 27.4 Å². The molecule has 2 amide bonds. The Morgan fingerprint density at radius 3 is 2.61 bits per heavy atom. The molecule has 0 spiro atoms. The summed E-state index contributed by atoms with van der Waals surface area (Å²) >= 11 is 1.45. The van der Waals surface area contributed by atoms with Crippen LogP contribution in [0.3, 0.4) is 0 Å². The number of benzene rings is 1. The summed E-state index contributed by atoms with van der Waals surface area (Å²) in [7, 11) is 0. The molecule has 0 unspecified atom stereocenters. The third-order valence-corrected chi connectivity index (χ3v) is 5.84. The van der Waals surface area contributed by atoms with Crippen molar-refractivity contribution in [2.75, 3.05) is 13.2 Å². The molecule has 0 radical (unpaired) electrons. The van der Waals surface area contributed by atoms with E-state index in [1.807, 2.05) is 54.2 Å². The number of hydrogen-bond donors (Lipinski definition) is 2. The molecule has 0 bridgehead atoms. The van der Waals surface area contributed by atoms with Crippen LogP contribution >= 0.6 is 11.3 Å². The zero-order valence-corrected chi connectivity index (χ0v) is 19.6. The maximum Gasteiger partial charge on any atom is 0.306 e. The Labute approximate surface area is 197 Å². The lowest BCUT2D eigenvalue weighted by Gasteiger charge is -2.08. The number of carbonyl (C=O) groups excluding carboxylic acids is 3. The minimum absolute atomic E-state index is 0.127. The lowest BCUT2D eigenvalue weighted by molar-refractivity contribution is -0.148. The molecule has 8 nitrogen and oxygen atoms in total. The molecular formula is C24H28N4O4S. The van der Waals surface area contributed by atoms with Gasteiger partial charge in [-0.15, -0.1) is 0 Å². The molecule has 1 aromatic carbocycles. The lowest BCUT2D eigenvalue weighted by atomic mass is 10.2. The van der Waals surface area contributed by atoms with E-state index in [4.69, 9.17) is 4.74 Å². The predicted octanol–water partition coefficient (Wildman–Crippen LogP) is 2.98. The smallest absolute Gasteiger partial charge is 0.306 e. The Kier molecular flexibility index (Phi) is 8.77. The van der Waals surface area contributed by atoms with Crippen molar-refractivity contribution in [2.24, 2.45) is 0 Å². The summed E-state index contributed by atoms with van der Waals surface area (Å²) in [5.74, 6) is -1.01. The van der Waals surface area contributed by atoms with Gasteiger partial charge in [-0.1, -0.05) is 30.3 Å². The van der Waals surface area contributed by atoms with Gasteiger partial charge in [0.1, 0.15) is 0 Å². The van der Waals surface area contributed by atoms with Gasteiger partial charge in [-0.25, -0.2) is 0 Å². The van der Waals surface area contributed by atoms with E-state index in [1.165, 1.54) is 11.3 Å². The fourth-order valence-electron chi connectivity index (χ4n) is 3.29. The van der Waals surface area contributed by atoms with Crippen molar-refractivity contribution in [3.05, 3.63) is 75.2 Å². The lowest BCUT2D eigenvalue weighted by Crippen LogP contribution is -2.29. The summed E-state index contributed by atoms with van der Waals surface area (Å²) in [6.07, 6.45) is 0.566. The van der Waals surface area contributed by atoms with Gasteiger partial charge in [0.2, 0.25) is 0 Å². The molecule has 0 aliphatic rings. The number of aromatic nitrogens is 2. The fourth-order valence-corrected chi connectivity index (χ4v) is 3.92. The highest BCUT2D eigenvalue weighted by atomic mass is 32.1. The van der Waals surface area contributed by atoms with Crippen molar-refractivity contribution in [1.29, 1.82) is 0 Å². The molecule has 0 saturated heterocycles. The van der Waals surface area contributed by atoms with Crippen molar-refractivity contribution < 1.29 is 19.1 Å². The highest BCUT2D eigenvalue weighted by Crippen LogP contribution is 2.14. The topological polar surface area (TPSA) is 102 Å². The van der Waals surface area contributed by atoms with Crippen LogP contribution in [0.4, 0.5) is 0 Å². The standard InChI is InChI=1S/C24H28N4O4S/c1-17-21(18(2)28(27-17)14-19-7-4-3-5-8-19)13-26-22(29)15-32-23(30)9-6-11-25-24(31)20-10-12-33-16-20/h3-5,7-8,10,12,16H,6,9,11,13-15H2,1-2H3,(H,25,31)(H,26,29). The monoisotopic (exact) mass is 468 g/mol. The van der Waals surface area contributed by atoms with E-state index < -0.39 is 5.97 Å². The molecule has 2 N–H and O–H groups in total. The number of esters is 1. The molecule has 0 saturated carbocycles. The van der Waals surface area contributed by atoms with Gasteiger partial charge in [0, 0.05) is 41.7 Å². The number of nitrogens with one attached hydrogen (secondary N) is 2. The molecule has 0 fully saturated rings. The number of carbonyl (C=O) groups is 3. The largest absolute Gasteiger partial charge is 0.456 e. The van der Waals surface area contributed by atoms with Gasteiger partial charge >= 0.3 is 5.97 Å². The van der Waals surface area contributed by atoms with Gasteiger partial charge in [0.25, 0.3) is 11.8 Å². The quantitative estimate of drug-likeness (QED) is 0.333. The summed E-state index contributed by atoms with van der Waals surface area (Å²) in [4.78, 5) is 35.8. The zero-order chi connectivity index (χ0) is 23.6. The summed E-state index contributed by atoms with van der Waals surface area (Å²) in [6, 6.07) is 11.8. The second-order valence-corrected chi connectivity index (χ2v) is 8.38. The molecular weight excluding hydrogens is 440 g/mol. The van der Waals surface area contributed by atoms with Crippen LogP contribution < -0.4 is 10.6 Å². The average Bonchev–Trinajstić information content (AvgIpc) is 3.43. The van der Waals surface area contributed by atoms with Crippen LogP contribution in [-0.4, -0.2) is 40.7 Å². The van der Waals surface area contributed by atoms with Gasteiger partial charge in [-0.3, -0.25) is 19.1 Å². The molecule has 3 rings (SSSR count). The second kappa shape index (κ2) is 12.0. The molecule has 0 aliphatic heterocycles. The zero-order valence-electron chi connectivity index (χ0n) is 18.8. The van der Waals surface area contributed by atoms with E-state index in [2.05, 4.69) is 15.7 Å². The van der Waals surface area contributed by atoms with Gasteiger partial charge in [-0.2, -0.15) is 16.4 Å². The van der Waals surface area contributed by atoms with Crippen LogP contribution in [0.1, 0.15) is 45.7 Å². The van der Waals surface area contributed by atoms with Gasteiger partial charge in [-0.05, 0) is 37.3 Å². The first-order chi connectivity index (χ1) is 15.9. The first kappa shape index (κ1) is 24.2. The first-order valence-electron chi connectivity index (χ1n) is 10.7. The Morgan fingerprint density at radius 2 is 1.88 bits per heavy atom.